The lowest BCUT2D eigenvalue weighted by Crippen LogP contribution is -2.45. The van der Waals surface area contributed by atoms with E-state index >= 15 is 0 Å². The van der Waals surface area contributed by atoms with E-state index in [0.717, 1.165) is 45.1 Å². The van der Waals surface area contributed by atoms with E-state index in [2.05, 4.69) is 36.5 Å². The Balaban J connectivity index is 1.48. The van der Waals surface area contributed by atoms with Gasteiger partial charge in [0.05, 0.1) is 17.8 Å². The maximum Gasteiger partial charge on any atom is 0.303 e. The molecule has 5 atom stereocenters. The molecule has 1 aromatic rings. The number of allylic oxidation sites excluding steroid dienone is 2. The largest absolute Gasteiger partial charge is 0.481 e. The summed E-state index contributed by atoms with van der Waals surface area (Å²) in [5, 5.41) is 23.6. The first-order chi connectivity index (χ1) is 15.0. The van der Waals surface area contributed by atoms with E-state index in [4.69, 9.17) is 9.84 Å². The van der Waals surface area contributed by atoms with Crippen LogP contribution >= 0.6 is 0 Å². The van der Waals surface area contributed by atoms with Crippen LogP contribution in [0.25, 0.3) is 0 Å². The van der Waals surface area contributed by atoms with Crippen LogP contribution < -0.4 is 5.32 Å². The molecule has 2 saturated heterocycles. The smallest absolute Gasteiger partial charge is 0.303 e. The van der Waals surface area contributed by atoms with Gasteiger partial charge in [0, 0.05) is 31.8 Å². The van der Waals surface area contributed by atoms with Crippen molar-refractivity contribution in [2.24, 2.45) is 11.8 Å². The highest BCUT2D eigenvalue weighted by molar-refractivity contribution is 5.66. The standard InChI is InChI=1S/C26H39NO4/c1-2-16-26(30,17-20-10-6-5-7-11-20)19-27-18-22-21(23-14-15-24(22)31-23)12-8-3-4-9-13-25(28)29/h3,5-8,10-11,21-24,27,30H,2,4,9,12-19H2,1H3,(H,28,29)/t21-,22-,23-,24+,26?/m1/s1. The number of aliphatic carboxylic acids is 1. The van der Waals surface area contributed by atoms with Crippen LogP contribution in [0.15, 0.2) is 42.5 Å². The van der Waals surface area contributed by atoms with Gasteiger partial charge in [-0.25, -0.2) is 0 Å². The van der Waals surface area contributed by atoms with Crippen LogP contribution in [0.4, 0.5) is 0 Å². The van der Waals surface area contributed by atoms with Gasteiger partial charge < -0.3 is 20.3 Å². The molecule has 3 N–H and O–H groups in total. The minimum Gasteiger partial charge on any atom is -0.481 e. The molecule has 5 heteroatoms. The molecule has 2 aliphatic rings. The van der Waals surface area contributed by atoms with Crippen molar-refractivity contribution in [3.05, 3.63) is 48.0 Å². The normalized spacial score (nSPS) is 27.0. The van der Waals surface area contributed by atoms with Gasteiger partial charge in [-0.05, 0) is 50.0 Å². The summed E-state index contributed by atoms with van der Waals surface area (Å²) in [6.45, 7) is 3.60. The number of nitrogens with one attached hydrogen (secondary N) is 1. The van der Waals surface area contributed by atoms with Crippen molar-refractivity contribution in [2.75, 3.05) is 13.1 Å². The summed E-state index contributed by atoms with van der Waals surface area (Å²) in [6.07, 6.45) is 12.4. The summed E-state index contributed by atoms with van der Waals surface area (Å²) in [5.41, 5.74) is 0.447. The third kappa shape index (κ3) is 7.16. The number of carboxylic acids is 1. The average Bonchev–Trinajstić information content (AvgIpc) is 3.33. The Hall–Kier alpha value is -1.69. The van der Waals surface area contributed by atoms with E-state index in [1.165, 1.54) is 5.56 Å². The highest BCUT2D eigenvalue weighted by Crippen LogP contribution is 2.45. The van der Waals surface area contributed by atoms with Gasteiger partial charge in [-0.15, -0.1) is 0 Å². The molecule has 2 bridgehead atoms. The zero-order chi connectivity index (χ0) is 22.1. The molecule has 0 aromatic heterocycles. The van der Waals surface area contributed by atoms with Crippen LogP contribution in [0.5, 0.6) is 0 Å². The maximum atomic E-state index is 11.3. The minimum atomic E-state index is -0.728. The first-order valence-corrected chi connectivity index (χ1v) is 12.0. The monoisotopic (exact) mass is 429 g/mol. The first-order valence-electron chi connectivity index (χ1n) is 12.0. The Bertz CT molecular complexity index is 707. The van der Waals surface area contributed by atoms with Gasteiger partial charge in [0.25, 0.3) is 0 Å². The molecule has 0 aliphatic carbocycles. The van der Waals surface area contributed by atoms with E-state index in [1.54, 1.807) is 0 Å². The molecule has 2 fully saturated rings. The molecule has 2 heterocycles. The zero-order valence-electron chi connectivity index (χ0n) is 18.8. The number of benzene rings is 1. The highest BCUT2D eigenvalue weighted by atomic mass is 16.5. The molecule has 0 saturated carbocycles. The van der Waals surface area contributed by atoms with Crippen LogP contribution in [0, 0.1) is 11.8 Å². The number of carboxylic acid groups (broad SMARTS) is 1. The second kappa shape index (κ2) is 11.8. The van der Waals surface area contributed by atoms with Crippen molar-refractivity contribution < 1.29 is 19.7 Å². The lowest BCUT2D eigenvalue weighted by molar-refractivity contribution is -0.137. The fraction of sp³-hybridized carbons (Fsp3) is 0.654. The van der Waals surface area contributed by atoms with Gasteiger partial charge in [0.2, 0.25) is 0 Å². The number of aliphatic hydroxyl groups is 1. The van der Waals surface area contributed by atoms with Crippen molar-refractivity contribution in [3.8, 4) is 0 Å². The van der Waals surface area contributed by atoms with Crippen molar-refractivity contribution in [2.45, 2.75) is 82.5 Å². The van der Waals surface area contributed by atoms with Crippen molar-refractivity contribution in [1.29, 1.82) is 0 Å². The van der Waals surface area contributed by atoms with Gasteiger partial charge >= 0.3 is 5.97 Å². The molecule has 2 aliphatic heterocycles. The Kier molecular flexibility index (Phi) is 9.12. The predicted octanol–water partition coefficient (Wildman–Crippen LogP) is 4.34. The SMILES string of the molecule is CCCC(O)(CNC[C@@H]1[C@@H](CC=CCCCC(=O)O)[C@H]2CC[C@@H]1O2)Cc1ccccc1. The Morgan fingerprint density at radius 1 is 1.19 bits per heavy atom. The first kappa shape index (κ1) is 24.0. The number of ether oxygens (including phenoxy) is 1. The van der Waals surface area contributed by atoms with Gasteiger partial charge in [-0.2, -0.15) is 0 Å². The topological polar surface area (TPSA) is 78.8 Å². The van der Waals surface area contributed by atoms with E-state index in [1.807, 2.05) is 18.2 Å². The van der Waals surface area contributed by atoms with Crippen LogP contribution in [0.2, 0.25) is 0 Å². The molecule has 1 aromatic carbocycles. The quantitative estimate of drug-likeness (QED) is 0.303. The van der Waals surface area contributed by atoms with E-state index in [9.17, 15) is 9.90 Å². The summed E-state index contributed by atoms with van der Waals surface area (Å²) in [4.78, 5) is 10.6. The zero-order valence-corrected chi connectivity index (χ0v) is 18.8. The van der Waals surface area contributed by atoms with Crippen LogP contribution in [0.1, 0.15) is 63.9 Å². The summed E-state index contributed by atoms with van der Waals surface area (Å²) in [7, 11) is 0. The molecule has 0 spiro atoms. The molecule has 172 valence electrons. The predicted molar refractivity (Wildman–Crippen MR) is 123 cm³/mol. The third-order valence-corrected chi connectivity index (χ3v) is 6.85. The highest BCUT2D eigenvalue weighted by Gasteiger charge is 2.47. The summed E-state index contributed by atoms with van der Waals surface area (Å²) in [6, 6.07) is 10.2. The fourth-order valence-corrected chi connectivity index (χ4v) is 5.37. The number of rotatable bonds is 14. The lowest BCUT2D eigenvalue weighted by Gasteiger charge is -2.32. The molecular weight excluding hydrogens is 390 g/mol. The molecule has 1 unspecified atom stereocenters. The molecule has 3 rings (SSSR count). The van der Waals surface area contributed by atoms with Gasteiger partial charge in [-0.3, -0.25) is 4.79 Å². The van der Waals surface area contributed by atoms with Crippen LogP contribution in [-0.2, 0) is 16.0 Å². The van der Waals surface area contributed by atoms with E-state index in [0.29, 0.717) is 43.4 Å². The van der Waals surface area contributed by atoms with Crippen LogP contribution in [0.3, 0.4) is 0 Å². The van der Waals surface area contributed by atoms with Gasteiger partial charge in [-0.1, -0.05) is 55.8 Å². The van der Waals surface area contributed by atoms with Crippen LogP contribution in [-0.4, -0.2) is 47.1 Å². The van der Waals surface area contributed by atoms with E-state index in [-0.39, 0.29) is 6.42 Å². The number of fused-ring (bicyclic) bond motifs is 2. The number of hydrogen-bond acceptors (Lipinski definition) is 4. The summed E-state index contributed by atoms with van der Waals surface area (Å²) in [5.74, 6) is 0.261. The Morgan fingerprint density at radius 2 is 1.94 bits per heavy atom. The number of carbonyl (C=O) groups is 1. The van der Waals surface area contributed by atoms with Crippen molar-refractivity contribution in [1.82, 2.24) is 5.32 Å². The Morgan fingerprint density at radius 3 is 2.65 bits per heavy atom. The Labute approximate surface area is 186 Å². The third-order valence-electron chi connectivity index (χ3n) is 6.85. The van der Waals surface area contributed by atoms with Crippen molar-refractivity contribution in [3.63, 3.8) is 0 Å². The number of unbranched alkanes of at least 4 members (excludes halogenated alkanes) is 1. The second-order valence-electron chi connectivity index (χ2n) is 9.38. The number of hydrogen-bond donors (Lipinski definition) is 3. The fourth-order valence-electron chi connectivity index (χ4n) is 5.37. The summed E-state index contributed by atoms with van der Waals surface area (Å²) >= 11 is 0. The molecule has 0 radical (unpaired) electrons. The van der Waals surface area contributed by atoms with E-state index < -0.39 is 11.6 Å². The molecule has 5 nitrogen and oxygen atoms in total. The second-order valence-corrected chi connectivity index (χ2v) is 9.38. The average molecular weight is 430 g/mol. The minimum absolute atomic E-state index is 0.234. The maximum absolute atomic E-state index is 11.3. The van der Waals surface area contributed by atoms with Gasteiger partial charge in [0.1, 0.15) is 0 Å². The molecular formula is C26H39NO4. The lowest BCUT2D eigenvalue weighted by atomic mass is 9.77. The summed E-state index contributed by atoms with van der Waals surface area (Å²) < 4.78 is 6.22. The van der Waals surface area contributed by atoms with Gasteiger partial charge in [0.15, 0.2) is 0 Å². The molecule has 31 heavy (non-hydrogen) atoms. The molecule has 0 amide bonds. The van der Waals surface area contributed by atoms with Crippen molar-refractivity contribution >= 4 is 5.97 Å².